The van der Waals surface area contributed by atoms with Gasteiger partial charge in [-0.2, -0.15) is 0 Å². The summed E-state index contributed by atoms with van der Waals surface area (Å²) in [6.07, 6.45) is 6.19. The molecule has 3 heterocycles. The number of furan rings is 1. The number of hydrogen-bond acceptors (Lipinski definition) is 6. The number of nitrogens with zero attached hydrogens (tertiary/aromatic N) is 3. The zero-order valence-electron chi connectivity index (χ0n) is 20.1. The van der Waals surface area contributed by atoms with E-state index in [2.05, 4.69) is 27.1 Å². The Kier molecular flexibility index (Phi) is 7.23. The third-order valence-electron chi connectivity index (χ3n) is 6.40. The maximum absolute atomic E-state index is 15.1. The highest BCUT2D eigenvalue weighted by Crippen LogP contribution is 2.43. The Balaban J connectivity index is 1.47. The summed E-state index contributed by atoms with van der Waals surface area (Å²) in [5.74, 6) is 1.12. The minimum atomic E-state index is -0.406. The van der Waals surface area contributed by atoms with Gasteiger partial charge in [-0.25, -0.2) is 14.4 Å². The van der Waals surface area contributed by atoms with Crippen molar-refractivity contribution in [1.29, 1.82) is 0 Å². The van der Waals surface area contributed by atoms with Crippen LogP contribution in [0.25, 0.3) is 33.6 Å². The molecule has 7 heteroatoms. The van der Waals surface area contributed by atoms with Crippen LogP contribution in [0.2, 0.25) is 0 Å². The minimum Gasteiger partial charge on any atom is -0.489 e. The second-order valence-electron chi connectivity index (χ2n) is 8.90. The molecule has 1 N–H and O–H groups in total. The molecule has 4 aromatic rings. The molecule has 5 rings (SSSR count). The first-order valence-corrected chi connectivity index (χ1v) is 12.5. The molecule has 0 aliphatic carbocycles. The summed E-state index contributed by atoms with van der Waals surface area (Å²) >= 11 is 0. The summed E-state index contributed by atoms with van der Waals surface area (Å²) in [6.45, 7) is 6.35. The molecule has 1 fully saturated rings. The van der Waals surface area contributed by atoms with E-state index < -0.39 is 5.82 Å². The highest BCUT2D eigenvalue weighted by atomic mass is 19.1. The summed E-state index contributed by atoms with van der Waals surface area (Å²) in [5.41, 5.74) is 2.90. The van der Waals surface area contributed by atoms with E-state index in [0.29, 0.717) is 29.5 Å². The molecule has 0 amide bonds. The molecule has 0 spiro atoms. The number of halogens is 1. The average Bonchev–Trinajstić information content (AvgIpc) is 3.30. The number of fused-ring (bicyclic) bond motifs is 1. The smallest absolute Gasteiger partial charge is 0.232 e. The molecule has 35 heavy (non-hydrogen) atoms. The SMILES string of the molecule is CCCNc1ncnc2oc(-c3ccc(OCCN4CCCCC4)c(F)c3)c(-c3ccccc3)c12. The van der Waals surface area contributed by atoms with E-state index in [9.17, 15) is 0 Å². The largest absolute Gasteiger partial charge is 0.489 e. The summed E-state index contributed by atoms with van der Waals surface area (Å²) < 4.78 is 27.1. The molecule has 6 nitrogen and oxygen atoms in total. The molecule has 2 aromatic carbocycles. The third kappa shape index (κ3) is 5.15. The van der Waals surface area contributed by atoms with Gasteiger partial charge in [0.1, 0.15) is 24.5 Å². The summed E-state index contributed by atoms with van der Waals surface area (Å²) in [6, 6.07) is 14.9. The van der Waals surface area contributed by atoms with Gasteiger partial charge in [-0.3, -0.25) is 4.90 Å². The number of rotatable bonds is 9. The fraction of sp³-hybridized carbons (Fsp3) is 0.357. The average molecular weight is 475 g/mol. The lowest BCUT2D eigenvalue weighted by Crippen LogP contribution is -2.33. The second kappa shape index (κ2) is 10.9. The van der Waals surface area contributed by atoms with Gasteiger partial charge in [-0.05, 0) is 56.1 Å². The number of anilines is 1. The Morgan fingerprint density at radius 1 is 1.03 bits per heavy atom. The van der Waals surface area contributed by atoms with Crippen molar-refractivity contribution in [2.24, 2.45) is 0 Å². The predicted molar refractivity (Wildman–Crippen MR) is 137 cm³/mol. The predicted octanol–water partition coefficient (Wildman–Crippen LogP) is 6.38. The van der Waals surface area contributed by atoms with Gasteiger partial charge in [0.05, 0.1) is 5.39 Å². The summed E-state index contributed by atoms with van der Waals surface area (Å²) in [4.78, 5) is 11.2. The van der Waals surface area contributed by atoms with E-state index in [1.54, 1.807) is 6.07 Å². The Morgan fingerprint density at radius 3 is 2.63 bits per heavy atom. The number of hydrogen-bond donors (Lipinski definition) is 1. The van der Waals surface area contributed by atoms with Crippen LogP contribution in [0.1, 0.15) is 32.6 Å². The van der Waals surface area contributed by atoms with Gasteiger partial charge in [-0.15, -0.1) is 0 Å². The van der Waals surface area contributed by atoms with Crippen molar-refractivity contribution < 1.29 is 13.5 Å². The van der Waals surface area contributed by atoms with Crippen molar-refractivity contribution in [2.45, 2.75) is 32.6 Å². The van der Waals surface area contributed by atoms with Crippen molar-refractivity contribution in [3.63, 3.8) is 0 Å². The Bertz CT molecular complexity index is 1270. The first kappa shape index (κ1) is 23.3. The maximum atomic E-state index is 15.1. The van der Waals surface area contributed by atoms with E-state index in [-0.39, 0.29) is 5.75 Å². The number of nitrogens with one attached hydrogen (secondary N) is 1. The monoisotopic (exact) mass is 474 g/mol. The molecule has 0 saturated carbocycles. The van der Waals surface area contributed by atoms with Crippen LogP contribution >= 0.6 is 0 Å². The van der Waals surface area contributed by atoms with Crippen LogP contribution in [0.4, 0.5) is 10.2 Å². The molecule has 1 aliphatic rings. The van der Waals surface area contributed by atoms with E-state index >= 15 is 4.39 Å². The van der Waals surface area contributed by atoms with Gasteiger partial charge in [-0.1, -0.05) is 43.7 Å². The van der Waals surface area contributed by atoms with Gasteiger partial charge < -0.3 is 14.5 Å². The first-order chi connectivity index (χ1) is 17.2. The van der Waals surface area contributed by atoms with Crippen molar-refractivity contribution >= 4 is 16.9 Å². The summed E-state index contributed by atoms with van der Waals surface area (Å²) in [7, 11) is 0. The zero-order chi connectivity index (χ0) is 24.0. The quantitative estimate of drug-likeness (QED) is 0.304. The minimum absolute atomic E-state index is 0.258. The van der Waals surface area contributed by atoms with Gasteiger partial charge in [0.25, 0.3) is 0 Å². The Hall–Kier alpha value is -3.45. The van der Waals surface area contributed by atoms with Crippen LogP contribution in [0.3, 0.4) is 0 Å². The number of ether oxygens (including phenoxy) is 1. The molecule has 1 saturated heterocycles. The van der Waals surface area contributed by atoms with Gasteiger partial charge in [0.15, 0.2) is 11.6 Å². The van der Waals surface area contributed by atoms with E-state index in [0.717, 1.165) is 49.1 Å². The lowest BCUT2D eigenvalue weighted by atomic mass is 9.99. The van der Waals surface area contributed by atoms with Crippen molar-refractivity contribution in [1.82, 2.24) is 14.9 Å². The number of benzene rings is 2. The molecular formula is C28H31FN4O2. The Morgan fingerprint density at radius 2 is 1.86 bits per heavy atom. The zero-order valence-corrected chi connectivity index (χ0v) is 20.1. The van der Waals surface area contributed by atoms with Gasteiger partial charge >= 0.3 is 0 Å². The standard InChI is InChI=1S/C28H31FN4O2/c1-2-13-30-27-25-24(20-9-5-3-6-10-20)26(35-28(25)32-19-31-27)21-11-12-23(22(29)18-21)34-17-16-33-14-7-4-8-15-33/h3,5-6,9-12,18-19H,2,4,7-8,13-17H2,1H3,(H,30,31,32). The van der Waals surface area contributed by atoms with Crippen LogP contribution < -0.4 is 10.1 Å². The van der Waals surface area contributed by atoms with Crippen molar-refractivity contribution in [3.8, 4) is 28.2 Å². The topological polar surface area (TPSA) is 63.4 Å². The van der Waals surface area contributed by atoms with E-state index in [1.807, 2.05) is 36.4 Å². The van der Waals surface area contributed by atoms with Crippen LogP contribution in [-0.4, -0.2) is 47.7 Å². The molecule has 0 radical (unpaired) electrons. The van der Waals surface area contributed by atoms with Crippen molar-refractivity contribution in [3.05, 3.63) is 60.7 Å². The lowest BCUT2D eigenvalue weighted by Gasteiger charge is -2.26. The fourth-order valence-electron chi connectivity index (χ4n) is 4.62. The molecule has 0 bridgehead atoms. The lowest BCUT2D eigenvalue weighted by molar-refractivity contribution is 0.180. The van der Waals surface area contributed by atoms with E-state index in [4.69, 9.17) is 9.15 Å². The van der Waals surface area contributed by atoms with E-state index in [1.165, 1.54) is 31.7 Å². The highest BCUT2D eigenvalue weighted by Gasteiger charge is 2.23. The molecular weight excluding hydrogens is 443 g/mol. The van der Waals surface area contributed by atoms with Crippen LogP contribution in [0, 0.1) is 5.82 Å². The fourth-order valence-corrected chi connectivity index (χ4v) is 4.62. The van der Waals surface area contributed by atoms with Crippen molar-refractivity contribution in [2.75, 3.05) is 38.1 Å². The number of likely N-dealkylation sites (tertiary alicyclic amines) is 1. The third-order valence-corrected chi connectivity index (χ3v) is 6.40. The first-order valence-electron chi connectivity index (χ1n) is 12.5. The second-order valence-corrected chi connectivity index (χ2v) is 8.90. The van der Waals surface area contributed by atoms with Crippen LogP contribution in [-0.2, 0) is 0 Å². The molecule has 0 atom stereocenters. The molecule has 2 aromatic heterocycles. The molecule has 1 aliphatic heterocycles. The number of piperidine rings is 1. The number of aromatic nitrogens is 2. The van der Waals surface area contributed by atoms with Gasteiger partial charge in [0.2, 0.25) is 5.71 Å². The van der Waals surface area contributed by atoms with Crippen LogP contribution in [0.5, 0.6) is 5.75 Å². The Labute approximate surface area is 205 Å². The van der Waals surface area contributed by atoms with Gasteiger partial charge in [0, 0.05) is 24.2 Å². The maximum Gasteiger partial charge on any atom is 0.232 e. The highest BCUT2D eigenvalue weighted by molar-refractivity contribution is 6.05. The molecule has 0 unspecified atom stereocenters. The van der Waals surface area contributed by atoms with Crippen LogP contribution in [0.15, 0.2) is 59.3 Å². The summed E-state index contributed by atoms with van der Waals surface area (Å²) in [5, 5.41) is 4.17. The normalized spacial score (nSPS) is 14.3. The molecule has 182 valence electrons.